The molecule has 4 saturated carbocycles. The lowest BCUT2D eigenvalue weighted by molar-refractivity contribution is -0.00616. The molecule has 1 aromatic rings. The fourth-order valence-corrected chi connectivity index (χ4v) is 5.63. The highest BCUT2D eigenvalue weighted by Gasteiger charge is 2.52. The lowest BCUT2D eigenvalue weighted by Gasteiger charge is -2.57. The first-order chi connectivity index (χ1) is 9.72. The number of nitrogens with zero attached hydrogens (tertiary/aromatic N) is 1. The monoisotopic (exact) mass is 267 g/mol. The van der Waals surface area contributed by atoms with Crippen LogP contribution in [0.25, 0.3) is 0 Å². The van der Waals surface area contributed by atoms with Crippen LogP contribution in [0.3, 0.4) is 0 Å². The summed E-state index contributed by atoms with van der Waals surface area (Å²) >= 11 is 0. The Morgan fingerprint density at radius 3 is 2.20 bits per heavy atom. The van der Waals surface area contributed by atoms with Gasteiger partial charge in [0.05, 0.1) is 18.7 Å². The molecule has 0 aromatic heterocycles. The topological polar surface area (TPSA) is 33.0 Å². The molecule has 0 spiro atoms. The van der Waals surface area contributed by atoms with E-state index in [4.69, 9.17) is 4.74 Å². The van der Waals surface area contributed by atoms with Crippen molar-refractivity contribution in [1.82, 2.24) is 0 Å². The van der Waals surface area contributed by atoms with Crippen LogP contribution in [0.5, 0.6) is 5.75 Å². The fraction of sp³-hybridized carbons (Fsp3) is 0.611. The van der Waals surface area contributed by atoms with Crippen LogP contribution in [0.4, 0.5) is 0 Å². The van der Waals surface area contributed by atoms with E-state index in [0.29, 0.717) is 5.41 Å². The van der Waals surface area contributed by atoms with Gasteiger partial charge in [0.25, 0.3) is 0 Å². The van der Waals surface area contributed by atoms with E-state index in [2.05, 4.69) is 12.1 Å². The largest absolute Gasteiger partial charge is 0.496 e. The van der Waals surface area contributed by atoms with Gasteiger partial charge >= 0.3 is 0 Å². The molecule has 5 rings (SSSR count). The Bertz CT molecular complexity index is 548. The zero-order valence-electron chi connectivity index (χ0n) is 12.1. The van der Waals surface area contributed by atoms with Gasteiger partial charge in [-0.15, -0.1) is 0 Å². The summed E-state index contributed by atoms with van der Waals surface area (Å²) in [5.74, 6) is 3.73. The molecule has 0 heterocycles. The zero-order valence-corrected chi connectivity index (χ0v) is 12.1. The first-order valence-electron chi connectivity index (χ1n) is 7.81. The Morgan fingerprint density at radius 1 is 1.10 bits per heavy atom. The standard InChI is InChI=1S/C18H21NO/c1-20-17-3-2-12(11-19)7-16(17)18-8-13-4-14(9-18)6-15(5-13)10-18/h2-3,7,13-15H,4-6,8-10H2,1H3. The van der Waals surface area contributed by atoms with Crippen molar-refractivity contribution in [2.75, 3.05) is 7.11 Å². The third-order valence-electron chi connectivity index (χ3n) is 5.94. The van der Waals surface area contributed by atoms with E-state index < -0.39 is 0 Å². The van der Waals surface area contributed by atoms with E-state index in [0.717, 1.165) is 29.1 Å². The van der Waals surface area contributed by atoms with E-state index in [1.165, 1.54) is 44.1 Å². The van der Waals surface area contributed by atoms with Crippen LogP contribution in [-0.2, 0) is 5.41 Å². The summed E-state index contributed by atoms with van der Waals surface area (Å²) in [7, 11) is 1.76. The smallest absolute Gasteiger partial charge is 0.122 e. The van der Waals surface area contributed by atoms with Crippen molar-refractivity contribution >= 4 is 0 Å². The van der Waals surface area contributed by atoms with E-state index in [-0.39, 0.29) is 0 Å². The van der Waals surface area contributed by atoms with Gasteiger partial charge in [0.15, 0.2) is 0 Å². The van der Waals surface area contributed by atoms with Gasteiger partial charge in [0, 0.05) is 5.56 Å². The molecule has 0 radical (unpaired) electrons. The summed E-state index contributed by atoms with van der Waals surface area (Å²) in [6.45, 7) is 0. The van der Waals surface area contributed by atoms with Crippen LogP contribution in [-0.4, -0.2) is 7.11 Å². The second-order valence-corrected chi connectivity index (χ2v) is 7.22. The van der Waals surface area contributed by atoms with E-state index in [1.807, 2.05) is 12.1 Å². The summed E-state index contributed by atoms with van der Waals surface area (Å²) in [5, 5.41) is 9.22. The molecule has 104 valence electrons. The number of benzene rings is 1. The average Bonchev–Trinajstić information content (AvgIpc) is 2.45. The summed E-state index contributed by atoms with van der Waals surface area (Å²) in [6.07, 6.45) is 8.26. The van der Waals surface area contributed by atoms with Gasteiger partial charge in [0.2, 0.25) is 0 Å². The molecule has 0 amide bonds. The molecule has 2 heteroatoms. The van der Waals surface area contributed by atoms with Crippen LogP contribution in [0.2, 0.25) is 0 Å². The molecule has 1 aromatic carbocycles. The Morgan fingerprint density at radius 2 is 1.70 bits per heavy atom. The molecule has 0 aliphatic heterocycles. The number of ether oxygens (including phenoxy) is 1. The Labute approximate surface area is 120 Å². The molecular weight excluding hydrogens is 246 g/mol. The van der Waals surface area contributed by atoms with Crippen molar-refractivity contribution < 1.29 is 4.74 Å². The predicted molar refractivity (Wildman–Crippen MR) is 77.6 cm³/mol. The van der Waals surface area contributed by atoms with Gasteiger partial charge in [-0.05, 0) is 79.9 Å². The molecule has 4 fully saturated rings. The molecule has 0 unspecified atom stereocenters. The van der Waals surface area contributed by atoms with Gasteiger partial charge < -0.3 is 4.74 Å². The zero-order chi connectivity index (χ0) is 13.7. The molecule has 4 aliphatic carbocycles. The van der Waals surface area contributed by atoms with Gasteiger partial charge in [-0.1, -0.05) is 0 Å². The maximum absolute atomic E-state index is 9.22. The highest BCUT2D eigenvalue weighted by Crippen LogP contribution is 2.61. The SMILES string of the molecule is COc1ccc(C#N)cc1C12CC3CC(CC(C3)C1)C2. The maximum atomic E-state index is 9.22. The lowest BCUT2D eigenvalue weighted by atomic mass is 9.48. The summed E-state index contributed by atoms with van der Waals surface area (Å²) in [4.78, 5) is 0. The molecule has 4 aliphatic rings. The van der Waals surface area contributed by atoms with E-state index >= 15 is 0 Å². The predicted octanol–water partition coefficient (Wildman–Crippen LogP) is 4.03. The average molecular weight is 267 g/mol. The number of nitriles is 1. The van der Waals surface area contributed by atoms with Gasteiger partial charge in [0.1, 0.15) is 5.75 Å². The molecule has 20 heavy (non-hydrogen) atoms. The minimum atomic E-state index is 0.299. The Kier molecular flexibility index (Phi) is 2.61. The normalized spacial score (nSPS) is 37.7. The summed E-state index contributed by atoms with van der Waals surface area (Å²) in [6, 6.07) is 8.27. The van der Waals surface area contributed by atoms with Crippen LogP contribution < -0.4 is 4.74 Å². The van der Waals surface area contributed by atoms with Crippen molar-refractivity contribution in [2.24, 2.45) is 17.8 Å². The first kappa shape index (κ1) is 12.3. The van der Waals surface area contributed by atoms with Crippen LogP contribution >= 0.6 is 0 Å². The summed E-state index contributed by atoms with van der Waals surface area (Å²) < 4.78 is 5.62. The molecule has 0 N–H and O–H groups in total. The van der Waals surface area contributed by atoms with Crippen LogP contribution in [0.15, 0.2) is 18.2 Å². The molecular formula is C18H21NO. The third kappa shape index (κ3) is 1.69. The molecule has 0 atom stereocenters. The van der Waals surface area contributed by atoms with Crippen molar-refractivity contribution in [3.8, 4) is 11.8 Å². The Balaban J connectivity index is 1.82. The van der Waals surface area contributed by atoms with Gasteiger partial charge in [-0.2, -0.15) is 5.26 Å². The second-order valence-electron chi connectivity index (χ2n) is 7.22. The number of rotatable bonds is 2. The fourth-order valence-electron chi connectivity index (χ4n) is 5.63. The van der Waals surface area contributed by atoms with Crippen molar-refractivity contribution in [1.29, 1.82) is 5.26 Å². The van der Waals surface area contributed by atoms with Crippen molar-refractivity contribution in [2.45, 2.75) is 43.9 Å². The maximum Gasteiger partial charge on any atom is 0.122 e. The molecule has 2 nitrogen and oxygen atoms in total. The van der Waals surface area contributed by atoms with Crippen molar-refractivity contribution in [3.63, 3.8) is 0 Å². The number of methoxy groups -OCH3 is 1. The quantitative estimate of drug-likeness (QED) is 0.810. The van der Waals surface area contributed by atoms with Crippen LogP contribution in [0, 0.1) is 29.1 Å². The molecule has 0 saturated heterocycles. The Hall–Kier alpha value is -1.49. The lowest BCUT2D eigenvalue weighted by Crippen LogP contribution is -2.48. The minimum absolute atomic E-state index is 0.299. The van der Waals surface area contributed by atoms with E-state index in [9.17, 15) is 5.26 Å². The number of hydrogen-bond acceptors (Lipinski definition) is 2. The van der Waals surface area contributed by atoms with Gasteiger partial charge in [-0.25, -0.2) is 0 Å². The highest BCUT2D eigenvalue weighted by molar-refractivity contribution is 5.47. The van der Waals surface area contributed by atoms with E-state index in [1.54, 1.807) is 7.11 Å². The van der Waals surface area contributed by atoms with Gasteiger partial charge in [-0.3, -0.25) is 0 Å². The highest BCUT2D eigenvalue weighted by atomic mass is 16.5. The molecule has 4 bridgehead atoms. The van der Waals surface area contributed by atoms with Crippen molar-refractivity contribution in [3.05, 3.63) is 29.3 Å². The third-order valence-corrected chi connectivity index (χ3v) is 5.94. The minimum Gasteiger partial charge on any atom is -0.496 e. The number of hydrogen-bond donors (Lipinski definition) is 0. The van der Waals surface area contributed by atoms with Crippen LogP contribution in [0.1, 0.15) is 49.7 Å². The second kappa shape index (κ2) is 4.25. The first-order valence-corrected chi connectivity index (χ1v) is 7.81. The summed E-state index contributed by atoms with van der Waals surface area (Å²) in [5.41, 5.74) is 2.39.